The van der Waals surface area contributed by atoms with Crippen molar-refractivity contribution >= 4 is 11.8 Å². The summed E-state index contributed by atoms with van der Waals surface area (Å²) >= 11 is 0. The minimum absolute atomic E-state index is 0.219. The molecule has 0 bridgehead atoms. The van der Waals surface area contributed by atoms with Crippen molar-refractivity contribution in [2.75, 3.05) is 6.61 Å². The Labute approximate surface area is 104 Å². The summed E-state index contributed by atoms with van der Waals surface area (Å²) in [6.45, 7) is 1.27. The summed E-state index contributed by atoms with van der Waals surface area (Å²) in [6.07, 6.45) is 0. The Hall–Kier alpha value is -2.55. The van der Waals surface area contributed by atoms with E-state index < -0.39 is 17.9 Å². The molecule has 0 saturated heterocycles. The molecule has 0 aromatic heterocycles. The van der Waals surface area contributed by atoms with Crippen LogP contribution in [0, 0.1) is 11.3 Å². The van der Waals surface area contributed by atoms with Crippen LogP contribution in [0.4, 0.5) is 0 Å². The minimum Gasteiger partial charge on any atom is -0.484 e. The summed E-state index contributed by atoms with van der Waals surface area (Å²) in [5.41, 5.74) is 5.51. The van der Waals surface area contributed by atoms with Crippen LogP contribution in [0.5, 0.6) is 5.75 Å². The number of rotatable bonds is 5. The first-order valence-electron chi connectivity index (χ1n) is 5.24. The van der Waals surface area contributed by atoms with Gasteiger partial charge in [-0.3, -0.25) is 9.59 Å². The Morgan fingerprint density at radius 1 is 1.44 bits per heavy atom. The molecule has 0 aliphatic carbocycles. The summed E-state index contributed by atoms with van der Waals surface area (Å²) in [4.78, 5) is 22.1. The lowest BCUT2D eigenvalue weighted by Gasteiger charge is -2.10. The fraction of sp³-hybridized carbons (Fsp3) is 0.250. The number of nitrogens with one attached hydrogen (secondary N) is 1. The van der Waals surface area contributed by atoms with E-state index >= 15 is 0 Å². The summed E-state index contributed by atoms with van der Waals surface area (Å²) in [7, 11) is 0. The lowest BCUT2D eigenvalue weighted by atomic mass is 10.2. The van der Waals surface area contributed by atoms with E-state index in [9.17, 15) is 9.59 Å². The van der Waals surface area contributed by atoms with Crippen LogP contribution in [0.25, 0.3) is 0 Å². The van der Waals surface area contributed by atoms with E-state index in [4.69, 9.17) is 15.7 Å². The van der Waals surface area contributed by atoms with E-state index in [0.717, 1.165) is 0 Å². The van der Waals surface area contributed by atoms with Gasteiger partial charge in [0.2, 0.25) is 5.91 Å². The van der Waals surface area contributed by atoms with Gasteiger partial charge in [0, 0.05) is 0 Å². The number of nitriles is 1. The zero-order valence-corrected chi connectivity index (χ0v) is 9.84. The van der Waals surface area contributed by atoms with Crippen molar-refractivity contribution in [2.24, 2.45) is 5.73 Å². The van der Waals surface area contributed by atoms with Crippen LogP contribution in [-0.2, 0) is 9.59 Å². The number of hydrogen-bond acceptors (Lipinski definition) is 4. The molecule has 1 unspecified atom stereocenters. The average Bonchev–Trinajstić information content (AvgIpc) is 2.36. The van der Waals surface area contributed by atoms with E-state index in [-0.39, 0.29) is 6.61 Å². The fourth-order valence-electron chi connectivity index (χ4n) is 1.13. The molecule has 1 rings (SSSR count). The molecule has 3 N–H and O–H groups in total. The molecule has 0 heterocycles. The van der Waals surface area contributed by atoms with Crippen LogP contribution in [0.3, 0.4) is 0 Å². The number of nitrogens with zero attached hydrogens (tertiary/aromatic N) is 1. The van der Waals surface area contributed by atoms with E-state index in [1.165, 1.54) is 6.92 Å². The highest BCUT2D eigenvalue weighted by Gasteiger charge is 2.12. The number of nitrogens with two attached hydrogens (primary N) is 1. The Kier molecular flexibility index (Phi) is 4.69. The molecule has 0 spiro atoms. The fourth-order valence-corrected chi connectivity index (χ4v) is 1.13. The molecule has 1 aromatic rings. The maximum atomic E-state index is 11.4. The quantitative estimate of drug-likeness (QED) is 0.759. The lowest BCUT2D eigenvalue weighted by molar-refractivity contribution is -0.128. The van der Waals surface area contributed by atoms with Gasteiger partial charge in [-0.25, -0.2) is 0 Å². The van der Waals surface area contributed by atoms with Gasteiger partial charge in [-0.1, -0.05) is 0 Å². The van der Waals surface area contributed by atoms with Gasteiger partial charge in [-0.15, -0.1) is 0 Å². The highest BCUT2D eigenvalue weighted by atomic mass is 16.5. The van der Waals surface area contributed by atoms with Gasteiger partial charge < -0.3 is 15.8 Å². The molecule has 6 heteroatoms. The van der Waals surface area contributed by atoms with Crippen LogP contribution in [-0.4, -0.2) is 24.5 Å². The third-order valence-electron chi connectivity index (χ3n) is 2.16. The van der Waals surface area contributed by atoms with Crippen LogP contribution in [0.1, 0.15) is 12.5 Å². The standard InChI is InChI=1S/C12H13N3O3/c1-8(12(14)17)15-11(16)7-18-10-4-2-9(6-13)3-5-10/h2-5,8H,7H2,1H3,(H2,14,17)(H,15,16). The molecule has 0 saturated carbocycles. The third kappa shape index (κ3) is 4.14. The molecule has 6 nitrogen and oxygen atoms in total. The van der Waals surface area contributed by atoms with Crippen LogP contribution >= 0.6 is 0 Å². The number of amides is 2. The topological polar surface area (TPSA) is 105 Å². The number of hydrogen-bond donors (Lipinski definition) is 2. The second kappa shape index (κ2) is 6.25. The molecule has 0 fully saturated rings. The molecule has 18 heavy (non-hydrogen) atoms. The molecule has 0 aliphatic rings. The van der Waals surface area contributed by atoms with Crippen LogP contribution in [0.2, 0.25) is 0 Å². The van der Waals surface area contributed by atoms with Crippen LogP contribution in [0.15, 0.2) is 24.3 Å². The van der Waals surface area contributed by atoms with Gasteiger partial charge in [-0.2, -0.15) is 5.26 Å². The highest BCUT2D eigenvalue weighted by Crippen LogP contribution is 2.11. The van der Waals surface area contributed by atoms with Gasteiger partial charge in [-0.05, 0) is 31.2 Å². The number of ether oxygens (including phenoxy) is 1. The minimum atomic E-state index is -0.734. The van der Waals surface area contributed by atoms with Crippen molar-refractivity contribution in [3.8, 4) is 11.8 Å². The first kappa shape index (κ1) is 13.5. The van der Waals surface area contributed by atoms with E-state index in [0.29, 0.717) is 11.3 Å². The predicted octanol–water partition coefficient (Wildman–Crippen LogP) is -0.0729. The van der Waals surface area contributed by atoms with Gasteiger partial charge in [0.25, 0.3) is 5.91 Å². The van der Waals surface area contributed by atoms with Crippen molar-refractivity contribution < 1.29 is 14.3 Å². The maximum Gasteiger partial charge on any atom is 0.258 e. The smallest absolute Gasteiger partial charge is 0.258 e. The summed E-state index contributed by atoms with van der Waals surface area (Å²) in [5, 5.41) is 11.0. The van der Waals surface area contributed by atoms with Gasteiger partial charge >= 0.3 is 0 Å². The number of carbonyl (C=O) groups is 2. The number of primary amides is 1. The molecule has 1 atom stereocenters. The van der Waals surface area contributed by atoms with Gasteiger partial charge in [0.05, 0.1) is 11.6 Å². The van der Waals surface area contributed by atoms with Crippen molar-refractivity contribution in [1.82, 2.24) is 5.32 Å². The molecule has 1 aromatic carbocycles. The van der Waals surface area contributed by atoms with Crippen molar-refractivity contribution in [3.63, 3.8) is 0 Å². The SMILES string of the molecule is CC(NC(=O)COc1ccc(C#N)cc1)C(N)=O. The normalized spacial score (nSPS) is 11.1. The zero-order valence-electron chi connectivity index (χ0n) is 9.84. The number of benzene rings is 1. The van der Waals surface area contributed by atoms with Gasteiger partial charge in [0.15, 0.2) is 6.61 Å². The Morgan fingerprint density at radius 3 is 2.56 bits per heavy atom. The second-order valence-electron chi connectivity index (χ2n) is 3.62. The van der Waals surface area contributed by atoms with Crippen LogP contribution < -0.4 is 15.8 Å². The summed E-state index contributed by atoms with van der Waals surface area (Å²) < 4.78 is 5.17. The van der Waals surface area contributed by atoms with E-state index in [1.54, 1.807) is 24.3 Å². The molecule has 0 radical (unpaired) electrons. The lowest BCUT2D eigenvalue weighted by Crippen LogP contribution is -2.44. The third-order valence-corrected chi connectivity index (χ3v) is 2.16. The molecule has 2 amide bonds. The van der Waals surface area contributed by atoms with Crippen molar-refractivity contribution in [1.29, 1.82) is 5.26 Å². The Bertz CT molecular complexity index is 476. The monoisotopic (exact) mass is 247 g/mol. The molecule has 0 aliphatic heterocycles. The molecular formula is C12H13N3O3. The maximum absolute atomic E-state index is 11.4. The largest absolute Gasteiger partial charge is 0.484 e. The van der Waals surface area contributed by atoms with E-state index in [1.807, 2.05) is 6.07 Å². The molecular weight excluding hydrogens is 234 g/mol. The van der Waals surface area contributed by atoms with Crippen molar-refractivity contribution in [2.45, 2.75) is 13.0 Å². The average molecular weight is 247 g/mol. The zero-order chi connectivity index (χ0) is 13.5. The predicted molar refractivity (Wildman–Crippen MR) is 63.5 cm³/mol. The van der Waals surface area contributed by atoms with E-state index in [2.05, 4.69) is 5.32 Å². The Balaban J connectivity index is 2.43. The molecule has 94 valence electrons. The first-order chi connectivity index (χ1) is 8.52. The highest BCUT2D eigenvalue weighted by molar-refractivity contribution is 5.86. The summed E-state index contributed by atoms with van der Waals surface area (Å²) in [5.74, 6) is -0.580. The van der Waals surface area contributed by atoms with Crippen molar-refractivity contribution in [3.05, 3.63) is 29.8 Å². The first-order valence-corrected chi connectivity index (χ1v) is 5.24. The Morgan fingerprint density at radius 2 is 2.06 bits per heavy atom. The summed E-state index contributed by atoms with van der Waals surface area (Å²) in [6, 6.07) is 7.58. The van der Waals surface area contributed by atoms with Gasteiger partial charge in [0.1, 0.15) is 11.8 Å². The number of carbonyl (C=O) groups excluding carboxylic acids is 2. The second-order valence-corrected chi connectivity index (χ2v) is 3.62.